The van der Waals surface area contributed by atoms with Crippen LogP contribution in [0.4, 0.5) is 0 Å². The number of nitrogens with zero attached hydrogens (tertiary/aromatic N) is 1. The number of hydrogen-bond donors (Lipinski definition) is 1. The van der Waals surface area contributed by atoms with Gasteiger partial charge in [0.15, 0.2) is 0 Å². The lowest BCUT2D eigenvalue weighted by Gasteiger charge is -2.16. The van der Waals surface area contributed by atoms with Crippen molar-refractivity contribution < 1.29 is 8.42 Å². The van der Waals surface area contributed by atoms with Crippen molar-refractivity contribution in [1.82, 2.24) is 9.62 Å². The van der Waals surface area contributed by atoms with Gasteiger partial charge in [-0.05, 0) is 25.8 Å². The fourth-order valence-electron chi connectivity index (χ4n) is 1.41. The average Bonchev–Trinajstić information content (AvgIpc) is 2.17. The summed E-state index contributed by atoms with van der Waals surface area (Å²) in [5.74, 6) is 0.267. The molecule has 0 radical (unpaired) electrons. The van der Waals surface area contributed by atoms with E-state index >= 15 is 0 Å². The zero-order chi connectivity index (χ0) is 12.6. The van der Waals surface area contributed by atoms with Crippen molar-refractivity contribution in [1.29, 1.82) is 0 Å². The molecule has 0 saturated carbocycles. The molecule has 4 nitrogen and oxygen atoms in total. The predicted octanol–water partition coefficient (Wildman–Crippen LogP) is 1.44. The maximum Gasteiger partial charge on any atom is 0.213 e. The summed E-state index contributed by atoms with van der Waals surface area (Å²) >= 11 is 0. The molecule has 0 aliphatic heterocycles. The molecule has 16 heavy (non-hydrogen) atoms. The van der Waals surface area contributed by atoms with Gasteiger partial charge < -0.3 is 5.32 Å². The van der Waals surface area contributed by atoms with Crippen LogP contribution >= 0.6 is 0 Å². The zero-order valence-electron chi connectivity index (χ0n) is 11.0. The summed E-state index contributed by atoms with van der Waals surface area (Å²) in [4.78, 5) is 0. The summed E-state index contributed by atoms with van der Waals surface area (Å²) in [7, 11) is -1.36. The van der Waals surface area contributed by atoms with Crippen LogP contribution in [-0.2, 0) is 10.0 Å². The molecule has 5 heteroatoms. The van der Waals surface area contributed by atoms with E-state index in [1.807, 2.05) is 6.92 Å². The van der Waals surface area contributed by atoms with Crippen LogP contribution in [0.25, 0.3) is 0 Å². The molecule has 0 atom stereocenters. The van der Waals surface area contributed by atoms with Gasteiger partial charge >= 0.3 is 0 Å². The van der Waals surface area contributed by atoms with Crippen molar-refractivity contribution in [2.75, 3.05) is 25.9 Å². The molecular formula is C11H26N2O2S. The Balaban J connectivity index is 3.74. The first-order valence-corrected chi connectivity index (χ1v) is 7.68. The van der Waals surface area contributed by atoms with E-state index in [0.717, 1.165) is 25.8 Å². The van der Waals surface area contributed by atoms with Gasteiger partial charge in [0.25, 0.3) is 0 Å². The third-order valence-corrected chi connectivity index (χ3v) is 4.33. The van der Waals surface area contributed by atoms with Crippen molar-refractivity contribution >= 4 is 10.0 Å². The highest BCUT2D eigenvalue weighted by Gasteiger charge is 2.15. The van der Waals surface area contributed by atoms with E-state index in [1.54, 1.807) is 7.05 Å². The van der Waals surface area contributed by atoms with Gasteiger partial charge in [0.05, 0.1) is 5.75 Å². The molecule has 0 fully saturated rings. The van der Waals surface area contributed by atoms with E-state index < -0.39 is 10.0 Å². The Hall–Kier alpha value is -0.130. The molecule has 0 aliphatic carbocycles. The monoisotopic (exact) mass is 250 g/mol. The van der Waals surface area contributed by atoms with Crippen molar-refractivity contribution in [2.24, 2.45) is 0 Å². The number of sulfonamides is 1. The van der Waals surface area contributed by atoms with Gasteiger partial charge in [-0.25, -0.2) is 12.7 Å². The third kappa shape index (κ3) is 7.19. The Bertz CT molecular complexity index is 263. The fourth-order valence-corrected chi connectivity index (χ4v) is 2.75. The van der Waals surface area contributed by atoms with Crippen LogP contribution in [0.1, 0.15) is 40.0 Å². The van der Waals surface area contributed by atoms with Crippen LogP contribution in [0.15, 0.2) is 0 Å². The lowest BCUT2D eigenvalue weighted by Crippen LogP contribution is -2.30. The zero-order valence-corrected chi connectivity index (χ0v) is 11.8. The number of unbranched alkanes of at least 4 members (excludes halogenated alkanes) is 1. The molecule has 0 amide bonds. The topological polar surface area (TPSA) is 49.4 Å². The van der Waals surface area contributed by atoms with Crippen LogP contribution in [0.3, 0.4) is 0 Å². The minimum absolute atomic E-state index is 0.267. The molecule has 0 aromatic rings. The third-order valence-electron chi connectivity index (χ3n) is 2.40. The van der Waals surface area contributed by atoms with E-state index in [2.05, 4.69) is 19.2 Å². The molecule has 0 spiro atoms. The second-order valence-electron chi connectivity index (χ2n) is 4.45. The van der Waals surface area contributed by atoms with Crippen molar-refractivity contribution in [2.45, 2.75) is 46.1 Å². The maximum atomic E-state index is 11.7. The summed E-state index contributed by atoms with van der Waals surface area (Å²) in [6.07, 6.45) is 2.51. The van der Waals surface area contributed by atoms with Gasteiger partial charge in [-0.2, -0.15) is 0 Å². The molecule has 0 aliphatic rings. The number of nitrogens with one attached hydrogen (secondary N) is 1. The highest BCUT2D eigenvalue weighted by molar-refractivity contribution is 7.89. The molecular weight excluding hydrogens is 224 g/mol. The summed E-state index contributed by atoms with van der Waals surface area (Å²) in [5.41, 5.74) is 0. The lowest BCUT2D eigenvalue weighted by atomic mass is 10.3. The van der Waals surface area contributed by atoms with Crippen molar-refractivity contribution in [3.8, 4) is 0 Å². The van der Waals surface area contributed by atoms with Gasteiger partial charge in [0.1, 0.15) is 0 Å². The Labute approximate surface area is 100 Å². The predicted molar refractivity (Wildman–Crippen MR) is 69.1 cm³/mol. The summed E-state index contributed by atoms with van der Waals surface area (Å²) in [5, 5.41) is 3.28. The van der Waals surface area contributed by atoms with Crippen LogP contribution in [0, 0.1) is 0 Å². The first kappa shape index (κ1) is 15.9. The minimum atomic E-state index is -3.02. The number of hydrogen-bond acceptors (Lipinski definition) is 3. The summed E-state index contributed by atoms with van der Waals surface area (Å²) in [6.45, 7) is 7.67. The SMILES string of the molecule is CCCN(C)S(=O)(=O)CCCCNC(C)C. The second-order valence-corrected chi connectivity index (χ2v) is 6.65. The molecule has 0 bridgehead atoms. The van der Waals surface area contributed by atoms with E-state index in [4.69, 9.17) is 0 Å². The summed E-state index contributed by atoms with van der Waals surface area (Å²) in [6, 6.07) is 0.472. The van der Waals surface area contributed by atoms with Crippen LogP contribution in [0.5, 0.6) is 0 Å². The Morgan fingerprint density at radius 3 is 2.38 bits per heavy atom. The number of rotatable bonds is 9. The maximum absolute atomic E-state index is 11.7. The molecule has 98 valence electrons. The fraction of sp³-hybridized carbons (Fsp3) is 1.00. The quantitative estimate of drug-likeness (QED) is 0.630. The molecule has 0 aromatic heterocycles. The van der Waals surface area contributed by atoms with Crippen molar-refractivity contribution in [3.63, 3.8) is 0 Å². The van der Waals surface area contributed by atoms with Crippen LogP contribution in [-0.4, -0.2) is 44.7 Å². The van der Waals surface area contributed by atoms with E-state index in [0.29, 0.717) is 12.6 Å². The molecule has 0 aromatic carbocycles. The van der Waals surface area contributed by atoms with Crippen LogP contribution in [0.2, 0.25) is 0 Å². The van der Waals surface area contributed by atoms with Crippen LogP contribution < -0.4 is 5.32 Å². The molecule has 0 heterocycles. The largest absolute Gasteiger partial charge is 0.315 e. The van der Waals surface area contributed by atoms with E-state index in [-0.39, 0.29) is 5.75 Å². The highest BCUT2D eigenvalue weighted by Crippen LogP contribution is 2.03. The molecule has 0 rings (SSSR count). The van der Waals surface area contributed by atoms with Gasteiger partial charge in [-0.1, -0.05) is 20.8 Å². The molecule has 0 unspecified atom stereocenters. The smallest absolute Gasteiger partial charge is 0.213 e. The first-order valence-electron chi connectivity index (χ1n) is 6.07. The van der Waals surface area contributed by atoms with Gasteiger partial charge in [-0.15, -0.1) is 0 Å². The standard InChI is InChI=1S/C11H26N2O2S/c1-5-9-13(4)16(14,15)10-7-6-8-12-11(2)3/h11-12H,5-10H2,1-4H3. The van der Waals surface area contributed by atoms with Gasteiger partial charge in [0.2, 0.25) is 10.0 Å². The minimum Gasteiger partial charge on any atom is -0.315 e. The van der Waals surface area contributed by atoms with Gasteiger partial charge in [-0.3, -0.25) is 0 Å². The second kappa shape index (κ2) is 8.03. The normalized spacial score (nSPS) is 12.6. The highest BCUT2D eigenvalue weighted by atomic mass is 32.2. The lowest BCUT2D eigenvalue weighted by molar-refractivity contribution is 0.465. The molecule has 0 saturated heterocycles. The van der Waals surface area contributed by atoms with E-state index in [9.17, 15) is 8.42 Å². The van der Waals surface area contributed by atoms with Crippen molar-refractivity contribution in [3.05, 3.63) is 0 Å². The Kier molecular flexibility index (Phi) is 7.97. The Morgan fingerprint density at radius 1 is 1.25 bits per heavy atom. The van der Waals surface area contributed by atoms with Gasteiger partial charge in [0, 0.05) is 19.6 Å². The Morgan fingerprint density at radius 2 is 1.88 bits per heavy atom. The average molecular weight is 250 g/mol. The molecule has 1 N–H and O–H groups in total. The summed E-state index contributed by atoms with van der Waals surface area (Å²) < 4.78 is 24.9. The first-order chi connectivity index (χ1) is 7.40. The van der Waals surface area contributed by atoms with E-state index in [1.165, 1.54) is 4.31 Å².